The molecule has 0 spiro atoms. The highest BCUT2D eigenvalue weighted by Crippen LogP contribution is 2.48. The van der Waals surface area contributed by atoms with Gasteiger partial charge in [0.05, 0.1) is 43.5 Å². The summed E-state index contributed by atoms with van der Waals surface area (Å²) >= 11 is 12.8. The number of hydrogen-bond acceptors (Lipinski definition) is 6. The van der Waals surface area contributed by atoms with E-state index in [0.717, 1.165) is 11.1 Å². The maximum atomic E-state index is 13.5. The molecule has 0 radical (unpaired) electrons. The fourth-order valence-corrected chi connectivity index (χ4v) is 5.08. The fourth-order valence-electron chi connectivity index (χ4n) is 4.39. The van der Waals surface area contributed by atoms with Gasteiger partial charge in [0.15, 0.2) is 11.5 Å². The number of ether oxygens (including phenoxy) is 3. The van der Waals surface area contributed by atoms with Gasteiger partial charge in [-0.1, -0.05) is 41.4 Å². The van der Waals surface area contributed by atoms with Gasteiger partial charge in [0, 0.05) is 5.69 Å². The summed E-state index contributed by atoms with van der Waals surface area (Å²) in [6.07, 6.45) is 0. The van der Waals surface area contributed by atoms with Gasteiger partial charge in [0.25, 0.3) is 11.7 Å². The number of carbonyl (C=O) groups excluding carboxylic acids is 2. The Labute approximate surface area is 224 Å². The number of aliphatic hydroxyl groups excluding tert-OH is 1. The van der Waals surface area contributed by atoms with Gasteiger partial charge in [0.2, 0.25) is 0 Å². The number of aryl methyl sites for hydroxylation is 2. The molecule has 1 N–H and O–H groups in total. The van der Waals surface area contributed by atoms with Crippen LogP contribution in [0.25, 0.3) is 5.76 Å². The number of nitrogens with zero attached hydrogens (tertiary/aromatic N) is 1. The van der Waals surface area contributed by atoms with Crippen LogP contribution in [0.15, 0.2) is 54.1 Å². The summed E-state index contributed by atoms with van der Waals surface area (Å²) in [5, 5.41) is 11.7. The third kappa shape index (κ3) is 4.49. The van der Waals surface area contributed by atoms with E-state index in [1.54, 1.807) is 30.3 Å². The lowest BCUT2D eigenvalue weighted by molar-refractivity contribution is -0.132. The predicted octanol–water partition coefficient (Wildman–Crippen LogP) is 6.26. The Balaban J connectivity index is 2.04. The minimum Gasteiger partial charge on any atom is -0.507 e. The number of benzene rings is 3. The zero-order chi connectivity index (χ0) is 27.0. The van der Waals surface area contributed by atoms with Gasteiger partial charge in [0.1, 0.15) is 16.5 Å². The third-order valence-electron chi connectivity index (χ3n) is 6.42. The second-order valence-electron chi connectivity index (χ2n) is 8.50. The Hall–Kier alpha value is -3.68. The van der Waals surface area contributed by atoms with E-state index in [4.69, 9.17) is 37.4 Å². The van der Waals surface area contributed by atoms with Gasteiger partial charge in [-0.15, -0.1) is 0 Å². The van der Waals surface area contributed by atoms with E-state index in [2.05, 4.69) is 0 Å². The number of aliphatic hydroxyl groups is 1. The molecule has 9 heteroatoms. The second-order valence-corrected chi connectivity index (χ2v) is 9.29. The quantitative estimate of drug-likeness (QED) is 0.225. The van der Waals surface area contributed by atoms with Crippen LogP contribution in [0.4, 0.5) is 5.69 Å². The first kappa shape index (κ1) is 26.4. The van der Waals surface area contributed by atoms with Gasteiger partial charge >= 0.3 is 0 Å². The maximum absolute atomic E-state index is 13.5. The SMILES string of the molecule is COc1cccc(C2/C(=C(\O)c3cc(Cl)c(OC)c(Cl)c3OC)C(=O)C(=O)N2c2ccc(C)c(C)c2)c1. The van der Waals surface area contributed by atoms with Crippen molar-refractivity contribution < 1.29 is 28.9 Å². The number of ketones is 1. The molecule has 3 aromatic carbocycles. The Kier molecular flexibility index (Phi) is 7.39. The monoisotopic (exact) mass is 541 g/mol. The number of anilines is 1. The van der Waals surface area contributed by atoms with Crippen LogP contribution >= 0.6 is 23.2 Å². The molecule has 0 bridgehead atoms. The van der Waals surface area contributed by atoms with Gasteiger partial charge in [-0.2, -0.15) is 0 Å². The van der Waals surface area contributed by atoms with Gasteiger partial charge in [-0.3, -0.25) is 14.5 Å². The van der Waals surface area contributed by atoms with Crippen molar-refractivity contribution in [3.8, 4) is 17.2 Å². The lowest BCUT2D eigenvalue weighted by Crippen LogP contribution is -2.29. The second kappa shape index (κ2) is 10.4. The molecule has 1 saturated heterocycles. The molecule has 192 valence electrons. The zero-order valence-electron chi connectivity index (χ0n) is 20.9. The van der Waals surface area contributed by atoms with Crippen molar-refractivity contribution in [2.45, 2.75) is 19.9 Å². The Morgan fingerprint density at radius 1 is 0.892 bits per heavy atom. The molecule has 1 unspecified atom stereocenters. The summed E-state index contributed by atoms with van der Waals surface area (Å²) in [5.74, 6) is -1.42. The van der Waals surface area contributed by atoms with Crippen LogP contribution in [-0.4, -0.2) is 38.1 Å². The summed E-state index contributed by atoms with van der Waals surface area (Å²) in [6.45, 7) is 3.87. The Morgan fingerprint density at radius 2 is 1.59 bits per heavy atom. The topological polar surface area (TPSA) is 85.3 Å². The van der Waals surface area contributed by atoms with Crippen LogP contribution in [0.5, 0.6) is 17.2 Å². The lowest BCUT2D eigenvalue weighted by Gasteiger charge is -2.26. The molecule has 3 aromatic rings. The fraction of sp³-hybridized carbons (Fsp3) is 0.214. The van der Waals surface area contributed by atoms with Gasteiger partial charge in [-0.25, -0.2) is 0 Å². The number of methoxy groups -OCH3 is 3. The van der Waals surface area contributed by atoms with Crippen LogP contribution in [-0.2, 0) is 9.59 Å². The van der Waals surface area contributed by atoms with E-state index >= 15 is 0 Å². The molecule has 0 aromatic heterocycles. The molecule has 7 nitrogen and oxygen atoms in total. The Bertz CT molecular complexity index is 1450. The molecule has 1 aliphatic heterocycles. The standard InChI is InChI=1S/C28H25Cl2NO6/c1-14-9-10-17(11-15(14)2)31-23(16-7-6-8-18(12-16)35-3)21(25(33)28(31)34)24(32)19-13-20(29)27(37-5)22(30)26(19)36-4/h6-13,23,32H,1-5H3/b24-21+. The number of amides is 1. The molecule has 0 saturated carbocycles. The smallest absolute Gasteiger partial charge is 0.300 e. The van der Waals surface area contributed by atoms with E-state index < -0.39 is 23.5 Å². The van der Waals surface area contributed by atoms with Crippen molar-refractivity contribution in [1.82, 2.24) is 0 Å². The van der Waals surface area contributed by atoms with E-state index in [1.807, 2.05) is 26.0 Å². The summed E-state index contributed by atoms with van der Waals surface area (Å²) in [5.41, 5.74) is 2.94. The molecule has 4 rings (SSSR count). The van der Waals surface area contributed by atoms with Crippen molar-refractivity contribution in [2.24, 2.45) is 0 Å². The van der Waals surface area contributed by atoms with E-state index in [9.17, 15) is 14.7 Å². The highest BCUT2D eigenvalue weighted by molar-refractivity contribution is 6.52. The van der Waals surface area contributed by atoms with Gasteiger partial charge in [-0.05, 0) is 60.9 Å². The van der Waals surface area contributed by atoms with Crippen LogP contribution in [0, 0.1) is 13.8 Å². The predicted molar refractivity (Wildman–Crippen MR) is 143 cm³/mol. The van der Waals surface area contributed by atoms with E-state index in [-0.39, 0.29) is 32.7 Å². The number of rotatable bonds is 6. The van der Waals surface area contributed by atoms with Crippen molar-refractivity contribution in [3.05, 3.63) is 86.4 Å². The van der Waals surface area contributed by atoms with Gasteiger partial charge < -0.3 is 19.3 Å². The average Bonchev–Trinajstić information content (AvgIpc) is 3.15. The molecule has 1 atom stereocenters. The van der Waals surface area contributed by atoms with E-state index in [0.29, 0.717) is 17.0 Å². The molecule has 1 aliphatic rings. The first-order valence-electron chi connectivity index (χ1n) is 11.3. The summed E-state index contributed by atoms with van der Waals surface area (Å²) in [4.78, 5) is 28.4. The van der Waals surface area contributed by atoms with Crippen molar-refractivity contribution in [2.75, 3.05) is 26.2 Å². The molecule has 1 fully saturated rings. The number of halogens is 2. The first-order valence-corrected chi connectivity index (χ1v) is 12.0. The molecule has 1 amide bonds. The summed E-state index contributed by atoms with van der Waals surface area (Å²) in [7, 11) is 4.27. The van der Waals surface area contributed by atoms with Crippen LogP contribution < -0.4 is 19.1 Å². The molecule has 1 heterocycles. The van der Waals surface area contributed by atoms with Crippen LogP contribution in [0.2, 0.25) is 10.0 Å². The Morgan fingerprint density at radius 3 is 2.22 bits per heavy atom. The summed E-state index contributed by atoms with van der Waals surface area (Å²) < 4.78 is 16.1. The van der Waals surface area contributed by atoms with Crippen molar-refractivity contribution in [1.29, 1.82) is 0 Å². The number of hydrogen-bond donors (Lipinski definition) is 1. The lowest BCUT2D eigenvalue weighted by atomic mass is 9.94. The normalized spacial score (nSPS) is 16.7. The molecule has 0 aliphatic carbocycles. The first-order chi connectivity index (χ1) is 17.6. The summed E-state index contributed by atoms with van der Waals surface area (Å²) in [6, 6.07) is 12.8. The zero-order valence-corrected chi connectivity index (χ0v) is 22.4. The largest absolute Gasteiger partial charge is 0.507 e. The molecule has 37 heavy (non-hydrogen) atoms. The van der Waals surface area contributed by atoms with E-state index in [1.165, 1.54) is 32.3 Å². The minimum absolute atomic E-state index is 0.0142. The van der Waals surface area contributed by atoms with Crippen molar-refractivity contribution in [3.63, 3.8) is 0 Å². The molecular weight excluding hydrogens is 517 g/mol. The maximum Gasteiger partial charge on any atom is 0.300 e. The number of carbonyl (C=O) groups is 2. The highest BCUT2D eigenvalue weighted by atomic mass is 35.5. The third-order valence-corrected chi connectivity index (χ3v) is 7.04. The number of Topliss-reactive ketones (excluding diaryl/α,β-unsaturated/α-hetero) is 1. The van der Waals surface area contributed by atoms with Crippen molar-refractivity contribution >= 4 is 46.3 Å². The van der Waals surface area contributed by atoms with Crippen LogP contribution in [0.1, 0.15) is 28.3 Å². The average molecular weight is 542 g/mol. The minimum atomic E-state index is -0.971. The molecular formula is C28H25Cl2NO6. The highest BCUT2D eigenvalue weighted by Gasteiger charge is 2.47. The van der Waals surface area contributed by atoms with Crippen LogP contribution in [0.3, 0.4) is 0 Å².